The van der Waals surface area contributed by atoms with Gasteiger partial charge in [0.2, 0.25) is 0 Å². The minimum Gasteiger partial charge on any atom is -0.463 e. The monoisotopic (exact) mass is 299 g/mol. The fourth-order valence-electron chi connectivity index (χ4n) is 2.10. The fraction of sp³-hybridized carbons (Fsp3) is 0.235. The van der Waals surface area contributed by atoms with Crippen LogP contribution in [0.25, 0.3) is 16.5 Å². The van der Waals surface area contributed by atoms with Crippen LogP contribution in [0.5, 0.6) is 0 Å². The topological polar surface area (TPSA) is 65.5 Å². The van der Waals surface area contributed by atoms with Crippen LogP contribution in [-0.4, -0.2) is 30.1 Å². The number of hydrogen-bond donors (Lipinski definition) is 0. The van der Waals surface area contributed by atoms with Gasteiger partial charge in [-0.15, -0.1) is 0 Å². The highest BCUT2D eigenvalue weighted by molar-refractivity contribution is 6.23. The van der Waals surface area contributed by atoms with E-state index in [0.717, 1.165) is 10.9 Å². The molecule has 0 N–H and O–H groups in total. The molecule has 0 aliphatic heterocycles. The van der Waals surface area contributed by atoms with E-state index < -0.39 is 11.9 Å². The Morgan fingerprint density at radius 2 is 1.86 bits per heavy atom. The number of esters is 2. The SMILES string of the molecule is CCOC(=O)/C=C(\C(=O)OCC)c1cccc2ncccc12. The lowest BCUT2D eigenvalue weighted by atomic mass is 10.0. The molecule has 2 rings (SSSR count). The summed E-state index contributed by atoms with van der Waals surface area (Å²) in [4.78, 5) is 28.2. The second kappa shape index (κ2) is 7.36. The van der Waals surface area contributed by atoms with E-state index in [2.05, 4.69) is 4.98 Å². The summed E-state index contributed by atoms with van der Waals surface area (Å²) in [6.07, 6.45) is 2.84. The van der Waals surface area contributed by atoms with E-state index in [0.29, 0.717) is 5.56 Å². The molecule has 0 aliphatic rings. The van der Waals surface area contributed by atoms with Gasteiger partial charge in [-0.1, -0.05) is 18.2 Å². The maximum atomic E-state index is 12.2. The molecule has 0 fully saturated rings. The van der Waals surface area contributed by atoms with Crippen LogP contribution >= 0.6 is 0 Å². The van der Waals surface area contributed by atoms with Crippen LogP contribution < -0.4 is 0 Å². The van der Waals surface area contributed by atoms with Gasteiger partial charge in [0.15, 0.2) is 0 Å². The Hall–Kier alpha value is -2.69. The van der Waals surface area contributed by atoms with Gasteiger partial charge in [-0.2, -0.15) is 0 Å². The molecule has 2 aromatic rings. The van der Waals surface area contributed by atoms with Gasteiger partial charge in [0.05, 0.1) is 24.3 Å². The number of pyridine rings is 1. The molecule has 1 aromatic carbocycles. The van der Waals surface area contributed by atoms with Gasteiger partial charge in [-0.05, 0) is 31.5 Å². The normalized spacial score (nSPS) is 11.3. The molecular weight excluding hydrogens is 282 g/mol. The average molecular weight is 299 g/mol. The van der Waals surface area contributed by atoms with Crippen molar-refractivity contribution in [3.05, 3.63) is 48.2 Å². The number of benzene rings is 1. The minimum atomic E-state index is -0.577. The molecule has 0 spiro atoms. The summed E-state index contributed by atoms with van der Waals surface area (Å²) in [6, 6.07) is 9.00. The van der Waals surface area contributed by atoms with Crippen LogP contribution in [0.15, 0.2) is 42.6 Å². The largest absolute Gasteiger partial charge is 0.463 e. The number of carbonyl (C=O) groups excluding carboxylic acids is 2. The molecule has 0 amide bonds. The highest BCUT2D eigenvalue weighted by atomic mass is 16.5. The maximum absolute atomic E-state index is 12.2. The van der Waals surface area contributed by atoms with Crippen LogP contribution in [0.1, 0.15) is 19.4 Å². The molecule has 0 radical (unpaired) electrons. The second-order valence-electron chi connectivity index (χ2n) is 4.41. The maximum Gasteiger partial charge on any atom is 0.339 e. The summed E-state index contributed by atoms with van der Waals surface area (Å²) in [7, 11) is 0. The van der Waals surface area contributed by atoms with Crippen molar-refractivity contribution in [3.63, 3.8) is 0 Å². The summed E-state index contributed by atoms with van der Waals surface area (Å²) < 4.78 is 9.95. The number of ether oxygens (including phenoxy) is 2. The van der Waals surface area contributed by atoms with E-state index >= 15 is 0 Å². The first kappa shape index (κ1) is 15.7. The van der Waals surface area contributed by atoms with Crippen molar-refractivity contribution >= 4 is 28.4 Å². The highest BCUT2D eigenvalue weighted by Gasteiger charge is 2.18. The smallest absolute Gasteiger partial charge is 0.339 e. The van der Waals surface area contributed by atoms with E-state index in [1.54, 1.807) is 38.2 Å². The molecule has 0 aliphatic carbocycles. The number of rotatable bonds is 5. The van der Waals surface area contributed by atoms with Crippen molar-refractivity contribution in [1.82, 2.24) is 4.98 Å². The third-order valence-corrected chi connectivity index (χ3v) is 2.98. The molecule has 114 valence electrons. The van der Waals surface area contributed by atoms with Crippen LogP contribution in [0, 0.1) is 0 Å². The Morgan fingerprint density at radius 1 is 1.09 bits per heavy atom. The van der Waals surface area contributed by atoms with Crippen LogP contribution in [0.2, 0.25) is 0 Å². The van der Waals surface area contributed by atoms with Gasteiger partial charge in [0.25, 0.3) is 0 Å². The van der Waals surface area contributed by atoms with Crippen LogP contribution in [0.3, 0.4) is 0 Å². The Kier molecular flexibility index (Phi) is 5.25. The lowest BCUT2D eigenvalue weighted by Crippen LogP contribution is -2.10. The predicted octanol–water partition coefficient (Wildman–Crippen LogP) is 2.74. The first-order valence-electron chi connectivity index (χ1n) is 7.07. The quantitative estimate of drug-likeness (QED) is 0.627. The third-order valence-electron chi connectivity index (χ3n) is 2.98. The van der Waals surface area contributed by atoms with Gasteiger partial charge < -0.3 is 9.47 Å². The zero-order valence-corrected chi connectivity index (χ0v) is 12.5. The fourth-order valence-corrected chi connectivity index (χ4v) is 2.10. The summed E-state index contributed by atoms with van der Waals surface area (Å²) >= 11 is 0. The molecule has 0 atom stereocenters. The molecular formula is C17H17NO4. The highest BCUT2D eigenvalue weighted by Crippen LogP contribution is 2.25. The van der Waals surface area contributed by atoms with Gasteiger partial charge in [0, 0.05) is 17.7 Å². The molecule has 22 heavy (non-hydrogen) atoms. The van der Waals surface area contributed by atoms with Gasteiger partial charge >= 0.3 is 11.9 Å². The molecule has 0 saturated heterocycles. The van der Waals surface area contributed by atoms with Crippen molar-refractivity contribution in [2.75, 3.05) is 13.2 Å². The molecule has 1 heterocycles. The summed E-state index contributed by atoms with van der Waals surface area (Å²) in [6.45, 7) is 3.88. The predicted molar refractivity (Wildman–Crippen MR) is 83.0 cm³/mol. The third kappa shape index (κ3) is 3.49. The summed E-state index contributed by atoms with van der Waals surface area (Å²) in [5.74, 6) is -1.14. The molecule has 1 aromatic heterocycles. The van der Waals surface area contributed by atoms with E-state index in [4.69, 9.17) is 9.47 Å². The minimum absolute atomic E-state index is 0.166. The van der Waals surface area contributed by atoms with E-state index in [9.17, 15) is 9.59 Å². The van der Waals surface area contributed by atoms with Gasteiger partial charge in [0.1, 0.15) is 0 Å². The van der Waals surface area contributed by atoms with E-state index in [1.807, 2.05) is 12.1 Å². The summed E-state index contributed by atoms with van der Waals surface area (Å²) in [5.41, 5.74) is 1.50. The average Bonchev–Trinajstić information content (AvgIpc) is 2.52. The van der Waals surface area contributed by atoms with E-state index in [-0.39, 0.29) is 18.8 Å². The number of nitrogens with zero attached hydrogens (tertiary/aromatic N) is 1. The zero-order valence-electron chi connectivity index (χ0n) is 12.5. The van der Waals surface area contributed by atoms with Crippen molar-refractivity contribution < 1.29 is 19.1 Å². The Morgan fingerprint density at radius 3 is 2.59 bits per heavy atom. The second-order valence-corrected chi connectivity index (χ2v) is 4.41. The number of hydrogen-bond acceptors (Lipinski definition) is 5. The molecule has 0 unspecified atom stereocenters. The number of fused-ring (bicyclic) bond motifs is 1. The van der Waals surface area contributed by atoms with Crippen molar-refractivity contribution in [1.29, 1.82) is 0 Å². The van der Waals surface area contributed by atoms with Crippen LogP contribution in [0.4, 0.5) is 0 Å². The standard InChI is InChI=1S/C17H17NO4/c1-3-21-16(19)11-14(17(20)22-4-2)12-7-5-9-15-13(12)8-6-10-18-15/h5-11H,3-4H2,1-2H3/b14-11-. The number of carbonyl (C=O) groups is 2. The molecule has 0 bridgehead atoms. The number of aromatic nitrogens is 1. The molecule has 0 saturated carbocycles. The van der Waals surface area contributed by atoms with Crippen LogP contribution in [-0.2, 0) is 19.1 Å². The molecule has 5 heteroatoms. The Balaban J connectivity index is 2.56. The van der Waals surface area contributed by atoms with E-state index in [1.165, 1.54) is 6.08 Å². The Bertz CT molecular complexity index is 716. The lowest BCUT2D eigenvalue weighted by molar-refractivity contribution is -0.139. The first-order chi connectivity index (χ1) is 10.7. The zero-order chi connectivity index (χ0) is 15.9. The van der Waals surface area contributed by atoms with Crippen molar-refractivity contribution in [2.45, 2.75) is 13.8 Å². The van der Waals surface area contributed by atoms with Crippen molar-refractivity contribution in [2.24, 2.45) is 0 Å². The summed E-state index contributed by atoms with van der Waals surface area (Å²) in [5, 5.41) is 0.772. The Labute approximate surface area is 128 Å². The molecule has 5 nitrogen and oxygen atoms in total. The first-order valence-corrected chi connectivity index (χ1v) is 7.07. The van der Waals surface area contributed by atoms with Gasteiger partial charge in [-0.25, -0.2) is 9.59 Å². The van der Waals surface area contributed by atoms with Crippen molar-refractivity contribution in [3.8, 4) is 0 Å². The van der Waals surface area contributed by atoms with Gasteiger partial charge in [-0.3, -0.25) is 4.98 Å². The lowest BCUT2D eigenvalue weighted by Gasteiger charge is -2.10.